The molecular weight excluding hydrogens is 460 g/mol. The molecule has 0 atom stereocenters. The van der Waals surface area contributed by atoms with E-state index in [-0.39, 0.29) is 24.3 Å². The molecule has 2 aromatic carbocycles. The van der Waals surface area contributed by atoms with E-state index >= 15 is 0 Å². The zero-order valence-corrected chi connectivity index (χ0v) is 19.3. The smallest absolute Gasteiger partial charge is 0.333 e. The normalized spacial score (nSPS) is 11.1. The largest absolute Gasteiger partial charge is 0.459 e. The lowest BCUT2D eigenvalue weighted by atomic mass is 10.2. The van der Waals surface area contributed by atoms with Crippen LogP contribution in [0.15, 0.2) is 70.5 Å². The van der Waals surface area contributed by atoms with Gasteiger partial charge in [0, 0.05) is 18.7 Å². The van der Waals surface area contributed by atoms with Gasteiger partial charge in [-0.15, -0.1) is 0 Å². The van der Waals surface area contributed by atoms with Gasteiger partial charge in [0.1, 0.15) is 13.2 Å². The van der Waals surface area contributed by atoms with E-state index in [0.717, 1.165) is 15.7 Å². The van der Waals surface area contributed by atoms with Gasteiger partial charge in [0.15, 0.2) is 11.2 Å². The van der Waals surface area contributed by atoms with Crippen LogP contribution >= 0.6 is 11.6 Å². The molecule has 0 amide bonds. The number of carbonyl (C=O) groups excluding carboxylic acids is 1. The van der Waals surface area contributed by atoms with Crippen molar-refractivity contribution in [3.63, 3.8) is 0 Å². The third-order valence-electron chi connectivity index (χ3n) is 5.30. The molecule has 0 aliphatic carbocycles. The summed E-state index contributed by atoms with van der Waals surface area (Å²) in [6.45, 7) is 0.388. The van der Waals surface area contributed by atoms with Crippen LogP contribution in [0.3, 0.4) is 0 Å². The van der Waals surface area contributed by atoms with Crippen molar-refractivity contribution in [2.24, 2.45) is 0 Å². The number of carbonyl (C=O) groups is 1. The zero-order chi connectivity index (χ0) is 24.1. The molecule has 10 heteroatoms. The molecule has 9 nitrogen and oxygen atoms in total. The summed E-state index contributed by atoms with van der Waals surface area (Å²) in [5, 5.41) is 0.569. The van der Waals surface area contributed by atoms with Crippen molar-refractivity contribution in [2.75, 3.05) is 13.7 Å². The monoisotopic (exact) mass is 482 g/mol. The highest BCUT2D eigenvalue weighted by molar-refractivity contribution is 6.30. The van der Waals surface area contributed by atoms with Crippen molar-refractivity contribution < 1.29 is 14.3 Å². The van der Waals surface area contributed by atoms with Gasteiger partial charge in [0.2, 0.25) is 0 Å². The Morgan fingerprint density at radius 3 is 2.44 bits per heavy atom. The maximum Gasteiger partial charge on any atom is 0.333 e. The molecule has 4 aromatic rings. The van der Waals surface area contributed by atoms with Crippen LogP contribution < -0.4 is 11.2 Å². The Morgan fingerprint density at radius 1 is 1.00 bits per heavy atom. The van der Waals surface area contributed by atoms with E-state index in [1.54, 1.807) is 35.9 Å². The zero-order valence-electron chi connectivity index (χ0n) is 18.5. The van der Waals surface area contributed by atoms with Gasteiger partial charge in [-0.1, -0.05) is 54.1 Å². The highest BCUT2D eigenvalue weighted by Crippen LogP contribution is 2.12. The Labute approximate surface area is 199 Å². The third kappa shape index (κ3) is 5.11. The average Bonchev–Trinajstić information content (AvgIpc) is 3.27. The van der Waals surface area contributed by atoms with Gasteiger partial charge in [-0.05, 0) is 23.3 Å². The third-order valence-corrected chi connectivity index (χ3v) is 5.56. The summed E-state index contributed by atoms with van der Waals surface area (Å²) in [5.74, 6) is -0.706. The van der Waals surface area contributed by atoms with E-state index in [0.29, 0.717) is 18.2 Å². The fraction of sp³-hybridized carbons (Fsp3) is 0.250. The molecule has 0 radical (unpaired) electrons. The highest BCUT2D eigenvalue weighted by Gasteiger charge is 2.20. The number of halogens is 1. The highest BCUT2D eigenvalue weighted by atomic mass is 35.5. The van der Waals surface area contributed by atoms with Crippen LogP contribution in [0.25, 0.3) is 11.2 Å². The van der Waals surface area contributed by atoms with E-state index in [1.807, 2.05) is 30.3 Å². The number of nitrogens with zero attached hydrogens (tertiary/aromatic N) is 4. The van der Waals surface area contributed by atoms with Gasteiger partial charge in [0.05, 0.1) is 19.5 Å². The first-order valence-electron chi connectivity index (χ1n) is 10.6. The summed E-state index contributed by atoms with van der Waals surface area (Å²) < 4.78 is 14.3. The summed E-state index contributed by atoms with van der Waals surface area (Å²) in [6.07, 6.45) is 1.50. The number of hydrogen-bond acceptors (Lipinski definition) is 6. The van der Waals surface area contributed by atoms with Gasteiger partial charge in [-0.3, -0.25) is 14.2 Å². The van der Waals surface area contributed by atoms with Crippen molar-refractivity contribution in [1.82, 2.24) is 18.7 Å². The number of methoxy groups -OCH3 is 1. The summed E-state index contributed by atoms with van der Waals surface area (Å²) in [5.41, 5.74) is 0.814. The van der Waals surface area contributed by atoms with Crippen LogP contribution in [0.2, 0.25) is 5.02 Å². The van der Waals surface area contributed by atoms with Crippen LogP contribution in [0.1, 0.15) is 11.1 Å². The standard InChI is InChI=1S/C24H23ClN4O5/c1-33-12-11-27-16-26-22-21(27)23(31)29(24(32)28(22)13-17-5-3-2-4-6-17)14-20(30)34-15-18-7-9-19(25)10-8-18/h2-10,16H,11-15H2,1H3. The van der Waals surface area contributed by atoms with Crippen molar-refractivity contribution in [3.8, 4) is 0 Å². The Bertz CT molecular complexity index is 1410. The van der Waals surface area contributed by atoms with Gasteiger partial charge >= 0.3 is 11.7 Å². The van der Waals surface area contributed by atoms with E-state index < -0.39 is 23.8 Å². The van der Waals surface area contributed by atoms with Crippen LogP contribution in [-0.2, 0) is 40.5 Å². The van der Waals surface area contributed by atoms with Crippen LogP contribution in [0, 0.1) is 0 Å². The number of hydrogen-bond donors (Lipinski definition) is 0. The van der Waals surface area contributed by atoms with Crippen LogP contribution in [0.5, 0.6) is 0 Å². The van der Waals surface area contributed by atoms with Crippen molar-refractivity contribution in [2.45, 2.75) is 26.2 Å². The maximum atomic E-state index is 13.3. The average molecular weight is 483 g/mol. The van der Waals surface area contributed by atoms with Crippen molar-refractivity contribution >= 4 is 28.7 Å². The molecule has 4 rings (SSSR count). The fourth-order valence-corrected chi connectivity index (χ4v) is 3.69. The second-order valence-corrected chi connectivity index (χ2v) is 8.07. The molecule has 0 unspecified atom stereocenters. The molecule has 34 heavy (non-hydrogen) atoms. The van der Waals surface area contributed by atoms with E-state index in [4.69, 9.17) is 21.1 Å². The molecule has 2 aromatic heterocycles. The molecule has 0 aliphatic heterocycles. The number of aromatic nitrogens is 4. The van der Waals surface area contributed by atoms with E-state index in [9.17, 15) is 14.4 Å². The van der Waals surface area contributed by atoms with Gasteiger partial charge < -0.3 is 14.0 Å². The summed E-state index contributed by atoms with van der Waals surface area (Å²) >= 11 is 5.87. The molecule has 0 saturated heterocycles. The van der Waals surface area contributed by atoms with Gasteiger partial charge in [0.25, 0.3) is 5.56 Å². The lowest BCUT2D eigenvalue weighted by Crippen LogP contribution is -2.42. The molecular formula is C24H23ClN4O5. The predicted octanol–water partition coefficient (Wildman–Crippen LogP) is 2.45. The second-order valence-electron chi connectivity index (χ2n) is 7.64. The molecule has 0 spiro atoms. The number of benzene rings is 2. The quantitative estimate of drug-likeness (QED) is 0.340. The maximum absolute atomic E-state index is 13.3. The fourth-order valence-electron chi connectivity index (χ4n) is 3.57. The molecule has 0 saturated carbocycles. The van der Waals surface area contributed by atoms with Gasteiger partial charge in [-0.2, -0.15) is 0 Å². The second kappa shape index (κ2) is 10.5. The van der Waals surface area contributed by atoms with Gasteiger partial charge in [-0.25, -0.2) is 14.3 Å². The molecule has 0 aliphatic rings. The summed E-state index contributed by atoms with van der Waals surface area (Å²) in [4.78, 5) is 43.5. The Morgan fingerprint density at radius 2 is 1.74 bits per heavy atom. The molecule has 0 bridgehead atoms. The summed E-state index contributed by atoms with van der Waals surface area (Å²) in [7, 11) is 1.55. The minimum atomic E-state index is -0.706. The SMILES string of the molecule is COCCn1cnc2c1c(=O)n(CC(=O)OCc1ccc(Cl)cc1)c(=O)n2Cc1ccccc1. The Balaban J connectivity index is 1.69. The Hall–Kier alpha value is -3.69. The minimum absolute atomic E-state index is 0.00300. The number of fused-ring (bicyclic) bond motifs is 1. The minimum Gasteiger partial charge on any atom is -0.459 e. The van der Waals surface area contributed by atoms with Crippen LogP contribution in [-0.4, -0.2) is 38.4 Å². The molecule has 0 N–H and O–H groups in total. The van der Waals surface area contributed by atoms with Crippen LogP contribution in [0.4, 0.5) is 0 Å². The van der Waals surface area contributed by atoms with Crippen molar-refractivity contribution in [1.29, 1.82) is 0 Å². The number of imidazole rings is 1. The topological polar surface area (TPSA) is 97.4 Å². The Kier molecular flexibility index (Phi) is 7.24. The first-order chi connectivity index (χ1) is 16.5. The van der Waals surface area contributed by atoms with E-state index in [1.165, 1.54) is 10.9 Å². The molecule has 176 valence electrons. The molecule has 0 fully saturated rings. The first-order valence-corrected chi connectivity index (χ1v) is 11.0. The summed E-state index contributed by atoms with van der Waals surface area (Å²) in [6, 6.07) is 16.2. The lowest BCUT2D eigenvalue weighted by Gasteiger charge is -2.13. The van der Waals surface area contributed by atoms with E-state index in [2.05, 4.69) is 4.98 Å². The lowest BCUT2D eigenvalue weighted by molar-refractivity contribution is -0.145. The number of esters is 1. The first kappa shape index (κ1) is 23.5. The van der Waals surface area contributed by atoms with Crippen molar-refractivity contribution in [3.05, 3.63) is 97.9 Å². The molecule has 2 heterocycles. The number of rotatable bonds is 9. The number of ether oxygens (including phenoxy) is 2. The predicted molar refractivity (Wildman–Crippen MR) is 127 cm³/mol.